The van der Waals surface area contributed by atoms with Crippen LogP contribution in [0, 0.1) is 5.92 Å². The van der Waals surface area contributed by atoms with Gasteiger partial charge in [0.25, 0.3) is 0 Å². The molecule has 1 aromatic rings. The van der Waals surface area contributed by atoms with Crippen molar-refractivity contribution in [1.82, 2.24) is 0 Å². The van der Waals surface area contributed by atoms with Crippen LogP contribution in [0.25, 0.3) is 0 Å². The third-order valence-corrected chi connectivity index (χ3v) is 3.72. The molecule has 1 saturated carbocycles. The van der Waals surface area contributed by atoms with Gasteiger partial charge in [0.05, 0.1) is 11.7 Å². The van der Waals surface area contributed by atoms with Crippen LogP contribution in [0.15, 0.2) is 24.3 Å². The summed E-state index contributed by atoms with van der Waals surface area (Å²) in [5.74, 6) is 1.42. The Morgan fingerprint density at radius 2 is 2.06 bits per heavy atom. The molecule has 2 unspecified atom stereocenters. The minimum Gasteiger partial charge on any atom is -0.491 e. The van der Waals surface area contributed by atoms with Crippen molar-refractivity contribution in [2.24, 2.45) is 5.92 Å². The van der Waals surface area contributed by atoms with E-state index < -0.39 is 5.60 Å². The molecule has 0 aliphatic heterocycles. The molecule has 1 aromatic carbocycles. The van der Waals surface area contributed by atoms with Gasteiger partial charge in [-0.15, -0.1) is 0 Å². The first kappa shape index (κ1) is 13.4. The maximum atomic E-state index is 10.9. The summed E-state index contributed by atoms with van der Waals surface area (Å²) in [6.45, 7) is 6.25. The minimum absolute atomic E-state index is 0.135. The molecule has 1 aliphatic rings. The molecule has 100 valence electrons. The lowest BCUT2D eigenvalue weighted by molar-refractivity contribution is -0.0205. The third-order valence-electron chi connectivity index (χ3n) is 3.72. The number of benzene rings is 1. The topological polar surface area (TPSA) is 29.5 Å². The quantitative estimate of drug-likeness (QED) is 0.879. The van der Waals surface area contributed by atoms with Gasteiger partial charge in [-0.25, -0.2) is 0 Å². The Labute approximate surface area is 110 Å². The van der Waals surface area contributed by atoms with Crippen molar-refractivity contribution in [1.29, 1.82) is 0 Å². The summed E-state index contributed by atoms with van der Waals surface area (Å²) in [5.41, 5.74) is 0.258. The molecule has 0 spiro atoms. The van der Waals surface area contributed by atoms with Crippen LogP contribution < -0.4 is 4.74 Å². The molecule has 0 bridgehead atoms. The van der Waals surface area contributed by atoms with E-state index in [0.29, 0.717) is 5.92 Å². The first-order valence-corrected chi connectivity index (χ1v) is 7.00. The van der Waals surface area contributed by atoms with E-state index in [1.165, 1.54) is 6.42 Å². The fourth-order valence-electron chi connectivity index (χ4n) is 2.98. The Hall–Kier alpha value is -1.02. The van der Waals surface area contributed by atoms with Crippen LogP contribution in [0.1, 0.15) is 52.0 Å². The van der Waals surface area contributed by atoms with Gasteiger partial charge in [0.2, 0.25) is 0 Å². The van der Waals surface area contributed by atoms with Gasteiger partial charge >= 0.3 is 0 Å². The predicted molar refractivity (Wildman–Crippen MR) is 73.7 cm³/mol. The number of para-hydroxylation sites is 1. The average molecular weight is 248 g/mol. The lowest BCUT2D eigenvalue weighted by Crippen LogP contribution is -2.32. The zero-order chi connectivity index (χ0) is 13.2. The van der Waals surface area contributed by atoms with E-state index in [2.05, 4.69) is 6.92 Å². The summed E-state index contributed by atoms with van der Waals surface area (Å²) in [6, 6.07) is 7.93. The number of aliphatic hydroxyl groups is 1. The highest BCUT2D eigenvalue weighted by molar-refractivity contribution is 5.38. The Bertz CT molecular complexity index is 400. The van der Waals surface area contributed by atoms with E-state index >= 15 is 0 Å². The van der Waals surface area contributed by atoms with Crippen molar-refractivity contribution in [3.63, 3.8) is 0 Å². The van der Waals surface area contributed by atoms with Crippen LogP contribution in [-0.2, 0) is 5.60 Å². The van der Waals surface area contributed by atoms with Crippen molar-refractivity contribution in [3.8, 4) is 5.75 Å². The van der Waals surface area contributed by atoms with Crippen LogP contribution in [0.3, 0.4) is 0 Å². The highest BCUT2D eigenvalue weighted by Gasteiger charge is 2.36. The molecule has 0 amide bonds. The molecule has 1 fully saturated rings. The smallest absolute Gasteiger partial charge is 0.125 e. The number of rotatable bonds is 3. The van der Waals surface area contributed by atoms with Gasteiger partial charge in [0, 0.05) is 5.56 Å². The van der Waals surface area contributed by atoms with Crippen molar-refractivity contribution in [3.05, 3.63) is 29.8 Å². The molecule has 18 heavy (non-hydrogen) atoms. The molecule has 2 nitrogen and oxygen atoms in total. The van der Waals surface area contributed by atoms with Crippen LogP contribution in [0.5, 0.6) is 5.75 Å². The highest BCUT2D eigenvalue weighted by Crippen LogP contribution is 2.43. The number of hydrogen-bond donors (Lipinski definition) is 1. The summed E-state index contributed by atoms with van der Waals surface area (Å²) in [5, 5.41) is 10.9. The number of ether oxygens (including phenoxy) is 1. The normalized spacial score (nSPS) is 28.4. The predicted octanol–water partition coefficient (Wildman–Crippen LogP) is 3.87. The van der Waals surface area contributed by atoms with Crippen molar-refractivity contribution in [2.75, 3.05) is 0 Å². The Morgan fingerprint density at radius 1 is 1.33 bits per heavy atom. The largest absolute Gasteiger partial charge is 0.491 e. The zero-order valence-corrected chi connectivity index (χ0v) is 11.6. The molecule has 0 aromatic heterocycles. The van der Waals surface area contributed by atoms with Gasteiger partial charge in [-0.1, -0.05) is 31.5 Å². The highest BCUT2D eigenvalue weighted by atomic mass is 16.5. The molecule has 0 radical (unpaired) electrons. The van der Waals surface area contributed by atoms with Crippen molar-refractivity contribution in [2.45, 2.75) is 58.2 Å². The van der Waals surface area contributed by atoms with Gasteiger partial charge < -0.3 is 9.84 Å². The van der Waals surface area contributed by atoms with E-state index in [0.717, 1.165) is 30.6 Å². The molecule has 2 rings (SSSR count). The van der Waals surface area contributed by atoms with E-state index in [4.69, 9.17) is 4.74 Å². The van der Waals surface area contributed by atoms with Gasteiger partial charge in [0.1, 0.15) is 5.75 Å². The second-order valence-corrected chi connectivity index (χ2v) is 5.90. The monoisotopic (exact) mass is 248 g/mol. The zero-order valence-electron chi connectivity index (χ0n) is 11.6. The fraction of sp³-hybridized carbons (Fsp3) is 0.625. The maximum Gasteiger partial charge on any atom is 0.125 e. The summed E-state index contributed by atoms with van der Waals surface area (Å²) >= 11 is 0. The molecule has 1 N–H and O–H groups in total. The molecular weight excluding hydrogens is 224 g/mol. The van der Waals surface area contributed by atoms with Crippen LogP contribution in [0.2, 0.25) is 0 Å². The Kier molecular flexibility index (Phi) is 3.96. The summed E-state index contributed by atoms with van der Waals surface area (Å²) in [6.07, 6.45) is 4.13. The SMILES string of the molecule is CC1CCCC(O)(c2ccccc2OC(C)C)C1. The van der Waals surface area contributed by atoms with Crippen molar-refractivity contribution < 1.29 is 9.84 Å². The molecule has 2 atom stereocenters. The maximum absolute atomic E-state index is 10.9. The molecular formula is C16H24O2. The third kappa shape index (κ3) is 2.86. The van der Waals surface area contributed by atoms with E-state index in [-0.39, 0.29) is 6.10 Å². The Balaban J connectivity index is 2.31. The molecule has 2 heteroatoms. The summed E-state index contributed by atoms with van der Waals surface area (Å²) < 4.78 is 5.84. The second kappa shape index (κ2) is 5.31. The lowest BCUT2D eigenvalue weighted by Gasteiger charge is -2.37. The fourth-order valence-corrected chi connectivity index (χ4v) is 2.98. The van der Waals surface area contributed by atoms with E-state index in [1.807, 2.05) is 38.1 Å². The molecule has 0 saturated heterocycles. The van der Waals surface area contributed by atoms with Crippen LogP contribution in [-0.4, -0.2) is 11.2 Å². The van der Waals surface area contributed by atoms with Crippen LogP contribution >= 0.6 is 0 Å². The average Bonchev–Trinajstić information content (AvgIpc) is 2.28. The molecule has 1 aliphatic carbocycles. The number of hydrogen-bond acceptors (Lipinski definition) is 2. The van der Waals surface area contributed by atoms with Gasteiger partial charge in [-0.2, -0.15) is 0 Å². The minimum atomic E-state index is -0.705. The summed E-state index contributed by atoms with van der Waals surface area (Å²) in [4.78, 5) is 0. The van der Waals surface area contributed by atoms with Crippen LogP contribution in [0.4, 0.5) is 0 Å². The Morgan fingerprint density at radius 3 is 2.72 bits per heavy atom. The van der Waals surface area contributed by atoms with E-state index in [9.17, 15) is 5.11 Å². The molecule has 0 heterocycles. The van der Waals surface area contributed by atoms with Crippen molar-refractivity contribution >= 4 is 0 Å². The summed E-state index contributed by atoms with van der Waals surface area (Å²) in [7, 11) is 0. The first-order valence-electron chi connectivity index (χ1n) is 7.00. The van der Waals surface area contributed by atoms with Gasteiger partial charge in [-0.05, 0) is 45.1 Å². The van der Waals surface area contributed by atoms with E-state index in [1.54, 1.807) is 0 Å². The second-order valence-electron chi connectivity index (χ2n) is 5.90. The lowest BCUT2D eigenvalue weighted by atomic mass is 9.75. The van der Waals surface area contributed by atoms with Gasteiger partial charge in [0.15, 0.2) is 0 Å². The standard InChI is InChI=1S/C16H24O2/c1-12(2)18-15-9-5-4-8-14(15)16(17)10-6-7-13(3)11-16/h4-5,8-9,12-13,17H,6-7,10-11H2,1-3H3. The first-order chi connectivity index (χ1) is 8.51. The van der Waals surface area contributed by atoms with Gasteiger partial charge in [-0.3, -0.25) is 0 Å².